The lowest BCUT2D eigenvalue weighted by atomic mass is 9.87. The molecule has 0 aliphatic carbocycles. The highest BCUT2D eigenvalue weighted by Gasteiger charge is 2.40. The van der Waals surface area contributed by atoms with Crippen LogP contribution in [0, 0.1) is 0 Å². The Morgan fingerprint density at radius 2 is 1.96 bits per heavy atom. The summed E-state index contributed by atoms with van der Waals surface area (Å²) in [7, 11) is 0. The fraction of sp³-hybridized carbons (Fsp3) is 0.312. The molecule has 2 rings (SSSR count). The summed E-state index contributed by atoms with van der Waals surface area (Å²) in [6.45, 7) is 3.63. The number of benzene rings is 1. The summed E-state index contributed by atoms with van der Waals surface area (Å²) >= 11 is 5.86. The average Bonchev–Trinajstić information content (AvgIpc) is 3.02. The van der Waals surface area contributed by atoms with Gasteiger partial charge in [-0.15, -0.1) is 0 Å². The zero-order valence-corrected chi connectivity index (χ0v) is 13.6. The van der Waals surface area contributed by atoms with E-state index in [1.165, 1.54) is 0 Å². The van der Waals surface area contributed by atoms with E-state index in [1.807, 2.05) is 6.92 Å². The Balaban J connectivity index is 2.37. The Labute approximate surface area is 138 Å². The summed E-state index contributed by atoms with van der Waals surface area (Å²) in [5.41, 5.74) is -0.113. The lowest BCUT2D eigenvalue weighted by molar-refractivity contribution is -0.145. The zero-order valence-electron chi connectivity index (χ0n) is 12.9. The van der Waals surface area contributed by atoms with Crippen LogP contribution in [0.15, 0.2) is 30.3 Å². The molecule has 3 N–H and O–H groups in total. The van der Waals surface area contributed by atoms with Crippen LogP contribution in [0.1, 0.15) is 42.0 Å². The summed E-state index contributed by atoms with van der Waals surface area (Å²) in [4.78, 5) is 24.3. The van der Waals surface area contributed by atoms with Gasteiger partial charge in [-0.05, 0) is 36.6 Å². The van der Waals surface area contributed by atoms with E-state index in [2.05, 4.69) is 15.5 Å². The molecule has 122 valence electrons. The summed E-state index contributed by atoms with van der Waals surface area (Å²) in [5, 5.41) is 19.5. The Bertz CT molecular complexity index is 712. The fourth-order valence-electron chi connectivity index (χ4n) is 2.34. The number of carbonyl (C=O) groups excluding carboxylic acids is 1. The largest absolute Gasteiger partial charge is 0.479 e. The second-order valence-electron chi connectivity index (χ2n) is 5.16. The number of carbonyl (C=O) groups is 2. The molecule has 0 saturated heterocycles. The standard InChI is InChI=1S/C16H18ClN3O3/c1-3-12-9-13(20-19-12)14(21)18-16(4-2,15(22)23)10-5-7-11(17)8-6-10/h5-9H,3-4H2,1-2H3,(H,18,21)(H,19,20)(H,22,23). The highest BCUT2D eigenvalue weighted by Crippen LogP contribution is 2.27. The first-order valence-electron chi connectivity index (χ1n) is 7.29. The predicted octanol–water partition coefficient (Wildman–Crippen LogP) is 2.75. The van der Waals surface area contributed by atoms with Gasteiger partial charge >= 0.3 is 5.97 Å². The van der Waals surface area contributed by atoms with Gasteiger partial charge in [0.1, 0.15) is 5.69 Å². The minimum absolute atomic E-state index is 0.162. The van der Waals surface area contributed by atoms with Crippen LogP contribution in [0.3, 0.4) is 0 Å². The molecule has 0 fully saturated rings. The van der Waals surface area contributed by atoms with Gasteiger partial charge in [-0.25, -0.2) is 4.79 Å². The number of halogens is 1. The maximum Gasteiger partial charge on any atom is 0.334 e. The number of hydrogen-bond donors (Lipinski definition) is 3. The van der Waals surface area contributed by atoms with Gasteiger partial charge in [-0.3, -0.25) is 9.89 Å². The first-order valence-corrected chi connectivity index (χ1v) is 7.67. The second-order valence-corrected chi connectivity index (χ2v) is 5.59. The molecule has 1 atom stereocenters. The monoisotopic (exact) mass is 335 g/mol. The fourth-order valence-corrected chi connectivity index (χ4v) is 2.47. The molecule has 0 saturated carbocycles. The van der Waals surface area contributed by atoms with Gasteiger partial charge in [0.05, 0.1) is 0 Å². The van der Waals surface area contributed by atoms with E-state index < -0.39 is 17.4 Å². The molecular formula is C16H18ClN3O3. The van der Waals surface area contributed by atoms with Crippen molar-refractivity contribution in [3.05, 3.63) is 52.3 Å². The normalized spacial score (nSPS) is 13.3. The summed E-state index contributed by atoms with van der Waals surface area (Å²) in [6.07, 6.45) is 0.885. The molecule has 6 nitrogen and oxygen atoms in total. The lowest BCUT2D eigenvalue weighted by Crippen LogP contribution is -2.51. The van der Waals surface area contributed by atoms with E-state index in [-0.39, 0.29) is 12.1 Å². The van der Waals surface area contributed by atoms with Gasteiger partial charge < -0.3 is 10.4 Å². The first-order chi connectivity index (χ1) is 10.9. The number of H-pyrrole nitrogens is 1. The second kappa shape index (κ2) is 6.83. The quantitative estimate of drug-likeness (QED) is 0.756. The van der Waals surface area contributed by atoms with Crippen LogP contribution >= 0.6 is 11.6 Å². The summed E-state index contributed by atoms with van der Waals surface area (Å²) in [5.74, 6) is -1.68. The number of nitrogens with zero attached hydrogens (tertiary/aromatic N) is 1. The molecule has 0 radical (unpaired) electrons. The molecule has 0 aliphatic rings. The van der Waals surface area contributed by atoms with Gasteiger partial charge in [0.15, 0.2) is 5.54 Å². The van der Waals surface area contributed by atoms with E-state index >= 15 is 0 Å². The third-order valence-corrected chi connectivity index (χ3v) is 4.06. The maximum atomic E-state index is 12.4. The van der Waals surface area contributed by atoms with E-state index in [1.54, 1.807) is 37.3 Å². The van der Waals surface area contributed by atoms with Crippen LogP contribution in [-0.4, -0.2) is 27.2 Å². The molecule has 0 spiro atoms. The van der Waals surface area contributed by atoms with Gasteiger partial charge in [0, 0.05) is 10.7 Å². The first kappa shape index (κ1) is 17.0. The van der Waals surface area contributed by atoms with Crippen LogP contribution < -0.4 is 5.32 Å². The highest BCUT2D eigenvalue weighted by molar-refractivity contribution is 6.30. The average molecular weight is 336 g/mol. The molecule has 1 heterocycles. The third kappa shape index (κ3) is 3.37. The van der Waals surface area contributed by atoms with Crippen LogP contribution in [-0.2, 0) is 16.8 Å². The van der Waals surface area contributed by atoms with Gasteiger partial charge in [-0.2, -0.15) is 5.10 Å². The minimum Gasteiger partial charge on any atom is -0.479 e. The molecule has 0 aliphatic heterocycles. The van der Waals surface area contributed by atoms with Crippen molar-refractivity contribution in [2.24, 2.45) is 0 Å². The van der Waals surface area contributed by atoms with Crippen LogP contribution in [0.25, 0.3) is 0 Å². The van der Waals surface area contributed by atoms with Crippen molar-refractivity contribution in [1.82, 2.24) is 15.5 Å². The molecule has 7 heteroatoms. The number of amides is 1. The Hall–Kier alpha value is -2.34. The predicted molar refractivity (Wildman–Crippen MR) is 86.5 cm³/mol. The zero-order chi connectivity index (χ0) is 17.0. The number of carboxylic acid groups (broad SMARTS) is 1. The lowest BCUT2D eigenvalue weighted by Gasteiger charge is -2.29. The van der Waals surface area contributed by atoms with Crippen LogP contribution in [0.5, 0.6) is 0 Å². The number of aromatic amines is 1. The maximum absolute atomic E-state index is 12.4. The molecule has 23 heavy (non-hydrogen) atoms. The molecule has 1 amide bonds. The Morgan fingerprint density at radius 3 is 2.43 bits per heavy atom. The van der Waals surface area contributed by atoms with Crippen molar-refractivity contribution in [2.75, 3.05) is 0 Å². The number of aryl methyl sites for hydroxylation is 1. The van der Waals surface area contributed by atoms with E-state index in [9.17, 15) is 14.7 Å². The topological polar surface area (TPSA) is 95.1 Å². The van der Waals surface area contributed by atoms with E-state index in [0.717, 1.165) is 5.69 Å². The Morgan fingerprint density at radius 1 is 1.30 bits per heavy atom. The van der Waals surface area contributed by atoms with Gasteiger partial charge in [0.25, 0.3) is 5.91 Å². The molecule has 1 aromatic carbocycles. The third-order valence-electron chi connectivity index (χ3n) is 3.80. The number of rotatable bonds is 6. The summed E-state index contributed by atoms with van der Waals surface area (Å²) in [6, 6.07) is 8.00. The van der Waals surface area contributed by atoms with Crippen LogP contribution in [0.2, 0.25) is 5.02 Å². The van der Waals surface area contributed by atoms with E-state index in [4.69, 9.17) is 11.6 Å². The SMILES string of the molecule is CCc1cc(C(=O)NC(CC)(C(=O)O)c2ccc(Cl)cc2)n[nH]1. The molecule has 0 bridgehead atoms. The highest BCUT2D eigenvalue weighted by atomic mass is 35.5. The number of aromatic nitrogens is 2. The summed E-state index contributed by atoms with van der Waals surface area (Å²) < 4.78 is 0. The molecule has 1 unspecified atom stereocenters. The van der Waals surface area contributed by atoms with Crippen molar-refractivity contribution < 1.29 is 14.7 Å². The molecular weight excluding hydrogens is 318 g/mol. The molecule has 1 aromatic heterocycles. The number of hydrogen-bond acceptors (Lipinski definition) is 3. The number of aliphatic carboxylic acids is 1. The van der Waals surface area contributed by atoms with E-state index in [0.29, 0.717) is 17.0 Å². The van der Waals surface area contributed by atoms with Crippen molar-refractivity contribution in [1.29, 1.82) is 0 Å². The van der Waals surface area contributed by atoms with Crippen molar-refractivity contribution in [3.63, 3.8) is 0 Å². The van der Waals surface area contributed by atoms with Crippen LogP contribution in [0.4, 0.5) is 0 Å². The van der Waals surface area contributed by atoms with Gasteiger partial charge in [0.2, 0.25) is 0 Å². The smallest absolute Gasteiger partial charge is 0.334 e. The minimum atomic E-state index is -1.53. The van der Waals surface area contributed by atoms with Gasteiger partial charge in [-0.1, -0.05) is 37.6 Å². The van der Waals surface area contributed by atoms with Crippen molar-refractivity contribution in [3.8, 4) is 0 Å². The molecule has 2 aromatic rings. The number of nitrogens with one attached hydrogen (secondary N) is 2. The Kier molecular flexibility index (Phi) is 5.05. The van der Waals surface area contributed by atoms with Crippen molar-refractivity contribution >= 4 is 23.5 Å². The number of carboxylic acids is 1. The van der Waals surface area contributed by atoms with Crippen molar-refractivity contribution in [2.45, 2.75) is 32.2 Å².